The Bertz CT molecular complexity index is 964. The van der Waals surface area contributed by atoms with Crippen LogP contribution in [0.25, 0.3) is 11.1 Å². The second-order valence-corrected chi connectivity index (χ2v) is 7.05. The molecule has 2 aromatic carbocycles. The summed E-state index contributed by atoms with van der Waals surface area (Å²) in [5, 5.41) is 21.1. The Morgan fingerprint density at radius 3 is 2.21 bits per heavy atom. The smallest absolute Gasteiger partial charge is 0.419 e. The van der Waals surface area contributed by atoms with Gasteiger partial charge in [-0.2, -0.15) is 13.2 Å². The van der Waals surface area contributed by atoms with E-state index in [4.69, 9.17) is 4.74 Å². The standard InChI is InChI=1S/C19H17F4NO5/c1-18(2,3)29-17(28)24-14-5-4-9(6-12(14)16(26)27)11-7-10(25)8-13(15(11)20)19(21,22)23/h4-8,25H,1-3H3,(H,24,28)(H,26,27). The van der Waals surface area contributed by atoms with E-state index in [0.717, 1.165) is 24.3 Å². The number of nitrogens with one attached hydrogen (secondary N) is 1. The highest BCUT2D eigenvalue weighted by atomic mass is 19.4. The van der Waals surface area contributed by atoms with Crippen LogP contribution in [0.5, 0.6) is 5.75 Å². The van der Waals surface area contributed by atoms with Crippen LogP contribution in [0.1, 0.15) is 36.7 Å². The number of hydrogen-bond acceptors (Lipinski definition) is 4. The van der Waals surface area contributed by atoms with Crippen molar-refractivity contribution >= 4 is 17.7 Å². The van der Waals surface area contributed by atoms with Crippen molar-refractivity contribution in [2.45, 2.75) is 32.5 Å². The summed E-state index contributed by atoms with van der Waals surface area (Å²) in [5.74, 6) is -4.03. The average molecular weight is 415 g/mol. The highest BCUT2D eigenvalue weighted by Crippen LogP contribution is 2.39. The van der Waals surface area contributed by atoms with Gasteiger partial charge in [0, 0.05) is 5.56 Å². The molecule has 0 fully saturated rings. The number of carboxylic acid groups (broad SMARTS) is 1. The minimum absolute atomic E-state index is 0.202. The maximum atomic E-state index is 14.4. The molecule has 0 aromatic heterocycles. The minimum atomic E-state index is -5.06. The monoisotopic (exact) mass is 415 g/mol. The maximum Gasteiger partial charge on any atom is 0.419 e. The average Bonchev–Trinajstić information content (AvgIpc) is 2.54. The zero-order valence-corrected chi connectivity index (χ0v) is 15.5. The first-order valence-electron chi connectivity index (χ1n) is 8.16. The molecule has 6 nitrogen and oxygen atoms in total. The molecule has 3 N–H and O–H groups in total. The molecule has 0 heterocycles. The molecule has 0 unspecified atom stereocenters. The van der Waals surface area contributed by atoms with Gasteiger partial charge >= 0.3 is 18.2 Å². The molecule has 1 amide bonds. The van der Waals surface area contributed by atoms with Gasteiger partial charge in [0.15, 0.2) is 0 Å². The number of phenols is 1. The van der Waals surface area contributed by atoms with Gasteiger partial charge in [0.1, 0.15) is 17.2 Å². The fraction of sp³-hybridized carbons (Fsp3) is 0.263. The van der Waals surface area contributed by atoms with E-state index >= 15 is 0 Å². The van der Waals surface area contributed by atoms with Gasteiger partial charge in [0.2, 0.25) is 0 Å². The second kappa shape index (κ2) is 7.61. The van der Waals surface area contributed by atoms with Crippen LogP contribution in [-0.4, -0.2) is 27.9 Å². The molecule has 0 atom stereocenters. The lowest BCUT2D eigenvalue weighted by Gasteiger charge is -2.20. The van der Waals surface area contributed by atoms with Crippen LogP contribution in [0.15, 0.2) is 30.3 Å². The van der Waals surface area contributed by atoms with E-state index in [2.05, 4.69) is 5.32 Å². The number of carboxylic acids is 1. The molecule has 2 rings (SSSR count). The van der Waals surface area contributed by atoms with Crippen LogP contribution in [-0.2, 0) is 10.9 Å². The number of anilines is 1. The van der Waals surface area contributed by atoms with Crippen molar-refractivity contribution in [2.24, 2.45) is 0 Å². The number of amides is 1. The number of carbonyl (C=O) groups excluding carboxylic acids is 1. The quantitative estimate of drug-likeness (QED) is 0.594. The molecule has 2 aromatic rings. The predicted octanol–water partition coefficient (Wildman–Crippen LogP) is 5.26. The number of phenolic OH excluding ortho intramolecular Hbond substituents is 1. The molecule has 0 aliphatic rings. The Balaban J connectivity index is 2.53. The van der Waals surface area contributed by atoms with Crippen LogP contribution in [0.3, 0.4) is 0 Å². The van der Waals surface area contributed by atoms with E-state index in [9.17, 15) is 37.4 Å². The van der Waals surface area contributed by atoms with Crippen molar-refractivity contribution in [3.8, 4) is 16.9 Å². The second-order valence-electron chi connectivity index (χ2n) is 7.05. The van der Waals surface area contributed by atoms with Gasteiger partial charge in [-0.05, 0) is 50.6 Å². The molecule has 0 spiro atoms. The molecule has 0 saturated heterocycles. The van der Waals surface area contributed by atoms with E-state index < -0.39 is 52.1 Å². The molecule has 0 aliphatic heterocycles. The third kappa shape index (κ3) is 5.37. The highest BCUT2D eigenvalue weighted by molar-refractivity contribution is 6.00. The largest absolute Gasteiger partial charge is 0.508 e. The molecule has 0 saturated carbocycles. The Labute approximate surface area is 162 Å². The Morgan fingerprint density at radius 1 is 1.07 bits per heavy atom. The summed E-state index contributed by atoms with van der Waals surface area (Å²) in [6.45, 7) is 4.78. The first-order valence-corrected chi connectivity index (χ1v) is 8.16. The number of benzene rings is 2. The highest BCUT2D eigenvalue weighted by Gasteiger charge is 2.36. The fourth-order valence-corrected chi connectivity index (χ4v) is 2.44. The number of hydrogen-bond donors (Lipinski definition) is 3. The van der Waals surface area contributed by atoms with Crippen LogP contribution >= 0.6 is 0 Å². The van der Waals surface area contributed by atoms with Crippen LogP contribution in [0.4, 0.5) is 28.0 Å². The van der Waals surface area contributed by atoms with Gasteiger partial charge in [-0.15, -0.1) is 0 Å². The van der Waals surface area contributed by atoms with Gasteiger partial charge < -0.3 is 14.9 Å². The van der Waals surface area contributed by atoms with E-state index in [1.165, 1.54) is 0 Å². The van der Waals surface area contributed by atoms with Crippen molar-refractivity contribution < 1.29 is 42.1 Å². The number of carbonyl (C=O) groups is 2. The van der Waals surface area contributed by atoms with Gasteiger partial charge in [-0.3, -0.25) is 5.32 Å². The van der Waals surface area contributed by atoms with Gasteiger partial charge in [-0.25, -0.2) is 14.0 Å². The molecule has 0 bridgehead atoms. The summed E-state index contributed by atoms with van der Waals surface area (Å²) in [4.78, 5) is 23.4. The van der Waals surface area contributed by atoms with Crippen molar-refractivity contribution in [3.05, 3.63) is 47.3 Å². The molecule has 10 heteroatoms. The number of aromatic hydroxyl groups is 1. The molecule has 0 radical (unpaired) electrons. The lowest BCUT2D eigenvalue weighted by molar-refractivity contribution is -0.140. The third-order valence-corrected chi connectivity index (χ3v) is 3.56. The summed E-state index contributed by atoms with van der Waals surface area (Å²) in [6, 6.07) is 4.05. The summed E-state index contributed by atoms with van der Waals surface area (Å²) >= 11 is 0. The number of alkyl halides is 3. The molecular weight excluding hydrogens is 398 g/mol. The van der Waals surface area contributed by atoms with Crippen molar-refractivity contribution in [2.75, 3.05) is 5.32 Å². The predicted molar refractivity (Wildman–Crippen MR) is 95.3 cm³/mol. The first kappa shape index (κ1) is 22.0. The fourth-order valence-electron chi connectivity index (χ4n) is 2.44. The number of aromatic carboxylic acids is 1. The topological polar surface area (TPSA) is 95.9 Å². The van der Waals surface area contributed by atoms with Crippen molar-refractivity contribution in [1.29, 1.82) is 0 Å². The summed E-state index contributed by atoms with van der Waals surface area (Å²) in [6.07, 6.45) is -6.01. The van der Waals surface area contributed by atoms with Crippen molar-refractivity contribution in [3.63, 3.8) is 0 Å². The van der Waals surface area contributed by atoms with Crippen molar-refractivity contribution in [1.82, 2.24) is 0 Å². The van der Waals surface area contributed by atoms with Gasteiger partial charge in [-0.1, -0.05) is 6.07 Å². The zero-order chi connectivity index (χ0) is 22.1. The number of ether oxygens (including phenoxy) is 1. The van der Waals surface area contributed by atoms with Crippen LogP contribution in [0, 0.1) is 5.82 Å². The first-order chi connectivity index (χ1) is 13.2. The Morgan fingerprint density at radius 2 is 1.69 bits per heavy atom. The Kier molecular flexibility index (Phi) is 5.77. The molecule has 0 aliphatic carbocycles. The van der Waals surface area contributed by atoms with Gasteiger partial charge in [0.05, 0.1) is 16.8 Å². The van der Waals surface area contributed by atoms with E-state index in [1.807, 2.05) is 0 Å². The molecular formula is C19H17F4NO5. The van der Waals surface area contributed by atoms with Crippen LogP contribution in [0.2, 0.25) is 0 Å². The lowest BCUT2D eigenvalue weighted by atomic mass is 9.98. The van der Waals surface area contributed by atoms with E-state index in [-0.39, 0.29) is 17.3 Å². The van der Waals surface area contributed by atoms with Gasteiger partial charge in [0.25, 0.3) is 0 Å². The van der Waals surface area contributed by atoms with E-state index in [1.54, 1.807) is 20.8 Å². The zero-order valence-electron chi connectivity index (χ0n) is 15.5. The maximum absolute atomic E-state index is 14.4. The molecule has 29 heavy (non-hydrogen) atoms. The Hall–Kier alpha value is -3.30. The molecule has 156 valence electrons. The number of halogens is 4. The van der Waals surface area contributed by atoms with Crippen LogP contribution < -0.4 is 5.32 Å². The van der Waals surface area contributed by atoms with E-state index in [0.29, 0.717) is 0 Å². The number of rotatable bonds is 3. The lowest BCUT2D eigenvalue weighted by Crippen LogP contribution is -2.27. The summed E-state index contributed by atoms with van der Waals surface area (Å²) in [7, 11) is 0. The SMILES string of the molecule is CC(C)(C)OC(=O)Nc1ccc(-c2cc(O)cc(C(F)(F)F)c2F)cc1C(=O)O. The normalized spacial score (nSPS) is 11.8. The summed E-state index contributed by atoms with van der Waals surface area (Å²) < 4.78 is 58.3. The minimum Gasteiger partial charge on any atom is -0.508 e. The third-order valence-electron chi connectivity index (χ3n) is 3.56. The summed E-state index contributed by atoms with van der Waals surface area (Å²) in [5.41, 5.74) is -4.15.